The van der Waals surface area contributed by atoms with Crippen LogP contribution in [0.5, 0.6) is 0 Å². The number of carbonyl (C=O) groups excluding carboxylic acids is 2. The Hall–Kier alpha value is -1.50. The van der Waals surface area contributed by atoms with Gasteiger partial charge in [-0.2, -0.15) is 0 Å². The van der Waals surface area contributed by atoms with Crippen LogP contribution in [0.25, 0.3) is 0 Å². The Morgan fingerprint density at radius 1 is 1.22 bits per heavy atom. The van der Waals surface area contributed by atoms with Crippen LogP contribution in [0.2, 0.25) is 10.0 Å². The molecule has 1 N–H and O–H groups in total. The number of benzene rings is 1. The van der Waals surface area contributed by atoms with Gasteiger partial charge in [-0.3, -0.25) is 4.79 Å². The van der Waals surface area contributed by atoms with Crippen molar-refractivity contribution in [3.63, 3.8) is 0 Å². The highest BCUT2D eigenvalue weighted by atomic mass is 35.5. The number of halogens is 2. The highest BCUT2D eigenvalue weighted by molar-refractivity contribution is 6.34. The van der Waals surface area contributed by atoms with Crippen LogP contribution in [0.15, 0.2) is 18.2 Å². The Morgan fingerprint density at radius 2 is 1.81 bits per heavy atom. The quantitative estimate of drug-likeness (QED) is 0.703. The van der Waals surface area contributed by atoms with Crippen molar-refractivity contribution in [3.8, 4) is 0 Å². The van der Waals surface area contributed by atoms with Crippen molar-refractivity contribution in [1.82, 2.24) is 10.2 Å². The van der Waals surface area contributed by atoms with Gasteiger partial charge in [0.2, 0.25) is 0 Å². The highest BCUT2D eigenvalue weighted by Gasteiger charge is 2.35. The van der Waals surface area contributed by atoms with Gasteiger partial charge in [0.15, 0.2) is 0 Å². The van der Waals surface area contributed by atoms with E-state index in [1.54, 1.807) is 30.0 Å². The number of nitrogens with zero attached hydrogens (tertiary/aromatic N) is 1. The van der Waals surface area contributed by atoms with Gasteiger partial charge in [0.1, 0.15) is 5.60 Å². The Bertz CT molecular complexity index is 665. The molecule has 1 aliphatic heterocycles. The first-order valence-corrected chi connectivity index (χ1v) is 9.68. The van der Waals surface area contributed by atoms with Crippen LogP contribution in [0.4, 0.5) is 4.79 Å². The van der Waals surface area contributed by atoms with E-state index < -0.39 is 5.60 Å². The first-order chi connectivity index (χ1) is 12.6. The van der Waals surface area contributed by atoms with Gasteiger partial charge in [0.05, 0.1) is 13.0 Å². The molecule has 1 amide bonds. The number of ether oxygens (including phenoxy) is 2. The molecule has 0 spiro atoms. The summed E-state index contributed by atoms with van der Waals surface area (Å²) >= 11 is 12.2. The molecule has 8 heteroatoms. The largest absolute Gasteiger partial charge is 0.466 e. The number of amides is 1. The van der Waals surface area contributed by atoms with Gasteiger partial charge in [-0.25, -0.2) is 4.79 Å². The number of rotatable bonds is 6. The van der Waals surface area contributed by atoms with E-state index in [9.17, 15) is 9.59 Å². The monoisotopic (exact) mass is 416 g/mol. The number of carbonyl (C=O) groups is 2. The summed E-state index contributed by atoms with van der Waals surface area (Å²) in [5, 5.41) is 4.39. The minimum absolute atomic E-state index is 0.0368. The number of esters is 1. The standard InChI is InChI=1S/C19H26Cl2N2O4/c1-5-26-17(24)9-16(12-6-13(20)8-14(21)7-12)22-15-10-23(11-15)18(25)27-19(2,3)4/h6-8,15-16,22H,5,9-11H2,1-4H3/t16-/m0/s1. The summed E-state index contributed by atoms with van der Waals surface area (Å²) in [7, 11) is 0. The molecular weight excluding hydrogens is 391 g/mol. The van der Waals surface area contributed by atoms with Gasteiger partial charge in [-0.1, -0.05) is 23.2 Å². The zero-order valence-corrected chi connectivity index (χ0v) is 17.6. The van der Waals surface area contributed by atoms with Crippen molar-refractivity contribution < 1.29 is 19.1 Å². The maximum atomic E-state index is 12.1. The van der Waals surface area contributed by atoms with Gasteiger partial charge in [0, 0.05) is 35.2 Å². The molecular formula is C19H26Cl2N2O4. The first-order valence-electron chi connectivity index (χ1n) is 8.93. The Kier molecular flexibility index (Phi) is 7.37. The highest BCUT2D eigenvalue weighted by Crippen LogP contribution is 2.27. The van der Waals surface area contributed by atoms with Gasteiger partial charge in [-0.05, 0) is 51.5 Å². The molecule has 1 saturated heterocycles. The second-order valence-corrected chi connectivity index (χ2v) is 8.39. The lowest BCUT2D eigenvalue weighted by Crippen LogP contribution is -2.61. The Balaban J connectivity index is 2.01. The fourth-order valence-corrected chi connectivity index (χ4v) is 3.32. The van der Waals surface area contributed by atoms with E-state index in [2.05, 4.69) is 5.32 Å². The van der Waals surface area contributed by atoms with Crippen LogP contribution in [0.1, 0.15) is 45.7 Å². The average Bonchev–Trinajstić information content (AvgIpc) is 2.46. The summed E-state index contributed by atoms with van der Waals surface area (Å²) < 4.78 is 10.4. The third-order valence-electron chi connectivity index (χ3n) is 3.93. The molecule has 1 fully saturated rings. The fraction of sp³-hybridized carbons (Fsp3) is 0.579. The van der Waals surface area contributed by atoms with E-state index in [0.717, 1.165) is 5.56 Å². The second-order valence-electron chi connectivity index (χ2n) is 7.51. The summed E-state index contributed by atoms with van der Waals surface area (Å²) in [6.45, 7) is 8.58. The molecule has 1 aromatic rings. The van der Waals surface area contributed by atoms with Crippen LogP contribution in [-0.4, -0.2) is 48.3 Å². The molecule has 1 aromatic carbocycles. The van der Waals surface area contributed by atoms with Crippen molar-refractivity contribution in [2.24, 2.45) is 0 Å². The minimum Gasteiger partial charge on any atom is -0.466 e. The van der Waals surface area contributed by atoms with E-state index in [-0.39, 0.29) is 30.6 Å². The molecule has 27 heavy (non-hydrogen) atoms. The molecule has 0 aromatic heterocycles. The summed E-state index contributed by atoms with van der Waals surface area (Å²) in [5.41, 5.74) is 0.274. The van der Waals surface area contributed by atoms with Gasteiger partial charge >= 0.3 is 12.1 Å². The number of hydrogen-bond acceptors (Lipinski definition) is 5. The fourth-order valence-electron chi connectivity index (χ4n) is 2.78. The lowest BCUT2D eigenvalue weighted by Gasteiger charge is -2.41. The van der Waals surface area contributed by atoms with E-state index in [4.69, 9.17) is 32.7 Å². The van der Waals surface area contributed by atoms with Crippen LogP contribution >= 0.6 is 23.2 Å². The lowest BCUT2D eigenvalue weighted by atomic mass is 10.0. The molecule has 0 unspecified atom stereocenters. The van der Waals surface area contributed by atoms with Crippen molar-refractivity contribution in [2.75, 3.05) is 19.7 Å². The molecule has 1 aliphatic rings. The van der Waals surface area contributed by atoms with Crippen molar-refractivity contribution in [3.05, 3.63) is 33.8 Å². The summed E-state index contributed by atoms with van der Waals surface area (Å²) in [4.78, 5) is 25.7. The van der Waals surface area contributed by atoms with Crippen molar-refractivity contribution >= 4 is 35.3 Å². The smallest absolute Gasteiger partial charge is 0.410 e. The van der Waals surface area contributed by atoms with Crippen molar-refractivity contribution in [2.45, 2.75) is 51.8 Å². The normalized spacial score (nSPS) is 15.9. The zero-order valence-electron chi connectivity index (χ0n) is 16.1. The predicted molar refractivity (Wildman–Crippen MR) is 105 cm³/mol. The summed E-state index contributed by atoms with van der Waals surface area (Å²) in [5.74, 6) is -0.311. The first kappa shape index (κ1) is 21.8. The molecule has 0 radical (unpaired) electrons. The maximum absolute atomic E-state index is 12.1. The average molecular weight is 417 g/mol. The lowest BCUT2D eigenvalue weighted by molar-refractivity contribution is -0.143. The van der Waals surface area contributed by atoms with E-state index in [1.165, 1.54) is 0 Å². The van der Waals surface area contributed by atoms with Gasteiger partial charge < -0.3 is 19.7 Å². The van der Waals surface area contributed by atoms with E-state index in [0.29, 0.717) is 29.7 Å². The van der Waals surface area contributed by atoms with E-state index in [1.807, 2.05) is 20.8 Å². The molecule has 0 bridgehead atoms. The summed E-state index contributed by atoms with van der Waals surface area (Å²) in [6.07, 6.45) is -0.193. The molecule has 2 rings (SSSR count). The van der Waals surface area contributed by atoms with Crippen molar-refractivity contribution in [1.29, 1.82) is 0 Å². The molecule has 150 valence electrons. The van der Waals surface area contributed by atoms with Gasteiger partial charge in [-0.15, -0.1) is 0 Å². The Labute approximate surface area is 170 Å². The molecule has 0 saturated carbocycles. The predicted octanol–water partition coefficient (Wildman–Crippen LogP) is 4.20. The van der Waals surface area contributed by atoms with Crippen LogP contribution < -0.4 is 5.32 Å². The minimum atomic E-state index is -0.528. The van der Waals surface area contributed by atoms with Gasteiger partial charge in [0.25, 0.3) is 0 Å². The number of nitrogens with one attached hydrogen (secondary N) is 1. The van der Waals surface area contributed by atoms with E-state index >= 15 is 0 Å². The Morgan fingerprint density at radius 3 is 2.33 bits per heavy atom. The van der Waals surface area contributed by atoms with Crippen LogP contribution in [0, 0.1) is 0 Å². The molecule has 1 atom stereocenters. The topological polar surface area (TPSA) is 67.9 Å². The maximum Gasteiger partial charge on any atom is 0.410 e. The molecule has 6 nitrogen and oxygen atoms in total. The third-order valence-corrected chi connectivity index (χ3v) is 4.37. The third kappa shape index (κ3) is 6.87. The summed E-state index contributed by atoms with van der Waals surface area (Å²) in [6, 6.07) is 4.91. The molecule has 0 aliphatic carbocycles. The van der Waals surface area contributed by atoms with Crippen LogP contribution in [0.3, 0.4) is 0 Å². The zero-order chi connectivity index (χ0) is 20.2. The number of likely N-dealkylation sites (tertiary alicyclic amines) is 1. The second kappa shape index (κ2) is 9.13. The molecule has 1 heterocycles. The number of hydrogen-bond donors (Lipinski definition) is 1. The van der Waals surface area contributed by atoms with Crippen LogP contribution in [-0.2, 0) is 14.3 Å². The SMILES string of the molecule is CCOC(=O)C[C@H](NC1CN(C(=O)OC(C)(C)C)C1)c1cc(Cl)cc(Cl)c1.